The van der Waals surface area contributed by atoms with Crippen molar-refractivity contribution < 1.29 is 17.6 Å². The Balaban J connectivity index is 2.07. The minimum atomic E-state index is -4.74. The number of rotatable bonds is 7. The molecule has 1 aromatic carbocycles. The van der Waals surface area contributed by atoms with E-state index in [1.807, 2.05) is 6.07 Å². The highest BCUT2D eigenvalue weighted by Crippen LogP contribution is 2.35. The Hall–Kier alpha value is -4.53. The van der Waals surface area contributed by atoms with E-state index in [-0.39, 0.29) is 33.8 Å². The molecule has 0 aliphatic carbocycles. The Labute approximate surface area is 191 Å². The summed E-state index contributed by atoms with van der Waals surface area (Å²) in [6.07, 6.45) is -0.546. The third kappa shape index (κ3) is 4.78. The van der Waals surface area contributed by atoms with Crippen molar-refractivity contribution in [3.05, 3.63) is 77.0 Å². The molecule has 0 saturated heterocycles. The van der Waals surface area contributed by atoms with Crippen molar-refractivity contribution in [1.29, 1.82) is 16.1 Å². The zero-order valence-corrected chi connectivity index (χ0v) is 17.6. The van der Waals surface area contributed by atoms with Crippen LogP contribution >= 0.6 is 0 Å². The number of hydrogen-bond donors (Lipinski definition) is 5. The van der Waals surface area contributed by atoms with Gasteiger partial charge in [-0.2, -0.15) is 18.4 Å². The summed E-state index contributed by atoms with van der Waals surface area (Å²) in [4.78, 5) is 9.50. The van der Waals surface area contributed by atoms with Gasteiger partial charge in [0.15, 0.2) is 0 Å². The van der Waals surface area contributed by atoms with Gasteiger partial charge in [0.1, 0.15) is 17.7 Å². The highest BCUT2D eigenvalue weighted by atomic mass is 19.4. The van der Waals surface area contributed by atoms with E-state index in [1.165, 1.54) is 24.4 Å². The van der Waals surface area contributed by atoms with E-state index in [4.69, 9.17) is 16.6 Å². The molecule has 34 heavy (non-hydrogen) atoms. The average Bonchev–Trinajstić information content (AvgIpc) is 3.20. The van der Waals surface area contributed by atoms with Gasteiger partial charge in [0.2, 0.25) is 5.82 Å². The summed E-state index contributed by atoms with van der Waals surface area (Å²) in [6.45, 7) is 1.66. The third-order valence-corrected chi connectivity index (χ3v) is 4.97. The number of alkyl halides is 3. The Kier molecular flexibility index (Phi) is 6.76. The fourth-order valence-corrected chi connectivity index (χ4v) is 3.25. The minimum Gasteiger partial charge on any atom is -0.382 e. The lowest BCUT2D eigenvalue weighted by Gasteiger charge is -2.13. The standard InChI is InChI=1S/C22H18F4N8/c1-11(12(6-27)8-31-16-5-3-2-4-15(16)23)18-14(7-28)17(19(34-18)20(29)30)13-9-32-21(33-10-13)22(24,25)26/h2-6,8-11,27,31,34H,1H3,(H3,29,30)/b12-8+,27-6?. The summed E-state index contributed by atoms with van der Waals surface area (Å²) in [7, 11) is 0. The van der Waals surface area contributed by atoms with Crippen LogP contribution < -0.4 is 11.1 Å². The summed E-state index contributed by atoms with van der Waals surface area (Å²) in [5.74, 6) is -2.96. The van der Waals surface area contributed by atoms with Crippen LogP contribution in [0.25, 0.3) is 11.1 Å². The fourth-order valence-electron chi connectivity index (χ4n) is 3.25. The number of aromatic nitrogens is 3. The molecular weight excluding hydrogens is 452 g/mol. The molecule has 2 heterocycles. The molecule has 0 spiro atoms. The van der Waals surface area contributed by atoms with Crippen LogP contribution in [0, 0.1) is 28.0 Å². The predicted octanol–water partition coefficient (Wildman–Crippen LogP) is 4.53. The van der Waals surface area contributed by atoms with Gasteiger partial charge in [0, 0.05) is 47.5 Å². The van der Waals surface area contributed by atoms with Crippen molar-refractivity contribution in [2.75, 3.05) is 5.32 Å². The van der Waals surface area contributed by atoms with Crippen molar-refractivity contribution >= 4 is 17.7 Å². The van der Waals surface area contributed by atoms with Crippen LogP contribution in [0.5, 0.6) is 0 Å². The second-order valence-electron chi connectivity index (χ2n) is 7.12. The Morgan fingerprint density at radius 2 is 1.91 bits per heavy atom. The molecule has 3 rings (SSSR count). The van der Waals surface area contributed by atoms with E-state index in [1.54, 1.807) is 13.0 Å². The molecule has 0 saturated carbocycles. The second kappa shape index (κ2) is 9.53. The van der Waals surface area contributed by atoms with Crippen LogP contribution in [0.2, 0.25) is 0 Å². The van der Waals surface area contributed by atoms with Gasteiger partial charge >= 0.3 is 6.18 Å². The molecular formula is C22H18F4N8. The maximum absolute atomic E-state index is 13.9. The number of halogens is 4. The van der Waals surface area contributed by atoms with Gasteiger partial charge in [-0.05, 0) is 17.7 Å². The second-order valence-corrected chi connectivity index (χ2v) is 7.12. The topological polar surface area (TPSA) is 151 Å². The van der Waals surface area contributed by atoms with Gasteiger partial charge in [-0.15, -0.1) is 0 Å². The largest absolute Gasteiger partial charge is 0.451 e. The fraction of sp³-hybridized carbons (Fsp3) is 0.136. The van der Waals surface area contributed by atoms with E-state index in [0.29, 0.717) is 5.57 Å². The number of benzene rings is 1. The number of anilines is 1. The van der Waals surface area contributed by atoms with Crippen LogP contribution in [-0.4, -0.2) is 27.0 Å². The number of nitriles is 1. The summed E-state index contributed by atoms with van der Waals surface area (Å²) in [6, 6.07) is 7.90. The lowest BCUT2D eigenvalue weighted by molar-refractivity contribution is -0.144. The van der Waals surface area contributed by atoms with Gasteiger partial charge < -0.3 is 21.4 Å². The average molecular weight is 470 g/mol. The molecule has 8 nitrogen and oxygen atoms in total. The molecule has 2 aromatic heterocycles. The molecule has 0 aliphatic rings. The van der Waals surface area contributed by atoms with Gasteiger partial charge in [-0.1, -0.05) is 19.1 Å². The lowest BCUT2D eigenvalue weighted by Crippen LogP contribution is -2.14. The molecule has 174 valence electrons. The zero-order chi connectivity index (χ0) is 25.0. The number of para-hydroxylation sites is 1. The first-order valence-corrected chi connectivity index (χ1v) is 9.70. The van der Waals surface area contributed by atoms with Gasteiger partial charge in [0.25, 0.3) is 0 Å². The summed E-state index contributed by atoms with van der Waals surface area (Å²) in [5.41, 5.74) is 6.54. The molecule has 3 aromatic rings. The van der Waals surface area contributed by atoms with Crippen molar-refractivity contribution in [3.63, 3.8) is 0 Å². The van der Waals surface area contributed by atoms with Crippen LogP contribution in [0.1, 0.15) is 35.6 Å². The van der Waals surface area contributed by atoms with Crippen LogP contribution in [0.15, 0.2) is 48.4 Å². The molecule has 6 N–H and O–H groups in total. The number of amidine groups is 1. The number of H-pyrrole nitrogens is 1. The highest BCUT2D eigenvalue weighted by Gasteiger charge is 2.34. The van der Waals surface area contributed by atoms with Gasteiger partial charge in [0.05, 0.1) is 16.9 Å². The molecule has 0 aliphatic heterocycles. The quantitative estimate of drug-likeness (QED) is 0.195. The maximum Gasteiger partial charge on any atom is 0.451 e. The van der Waals surface area contributed by atoms with E-state index >= 15 is 0 Å². The van der Waals surface area contributed by atoms with Crippen molar-refractivity contribution in [2.24, 2.45) is 5.73 Å². The molecule has 0 amide bonds. The van der Waals surface area contributed by atoms with Crippen LogP contribution in [0.3, 0.4) is 0 Å². The van der Waals surface area contributed by atoms with Crippen LogP contribution in [-0.2, 0) is 6.18 Å². The van der Waals surface area contributed by atoms with E-state index in [2.05, 4.69) is 20.3 Å². The minimum absolute atomic E-state index is 0.000277. The van der Waals surface area contributed by atoms with E-state index in [9.17, 15) is 22.8 Å². The number of nitrogens with two attached hydrogens (primary N) is 1. The summed E-state index contributed by atoms with van der Waals surface area (Å²) < 4.78 is 52.4. The monoisotopic (exact) mass is 470 g/mol. The number of nitrogens with zero attached hydrogens (tertiary/aromatic N) is 3. The van der Waals surface area contributed by atoms with Crippen LogP contribution in [0.4, 0.5) is 23.2 Å². The maximum atomic E-state index is 13.9. The number of aromatic amines is 1. The Morgan fingerprint density at radius 3 is 2.44 bits per heavy atom. The summed E-state index contributed by atoms with van der Waals surface area (Å²) in [5, 5.41) is 28.2. The summed E-state index contributed by atoms with van der Waals surface area (Å²) >= 11 is 0. The molecule has 12 heteroatoms. The first kappa shape index (κ1) is 24.1. The van der Waals surface area contributed by atoms with Gasteiger partial charge in [-0.3, -0.25) is 5.41 Å². The van der Waals surface area contributed by atoms with E-state index in [0.717, 1.165) is 18.6 Å². The number of hydrogen-bond acceptors (Lipinski definition) is 6. The highest BCUT2D eigenvalue weighted by molar-refractivity contribution is 6.02. The molecule has 1 unspecified atom stereocenters. The third-order valence-electron chi connectivity index (χ3n) is 4.97. The zero-order valence-electron chi connectivity index (χ0n) is 17.6. The molecule has 0 radical (unpaired) electrons. The first-order valence-electron chi connectivity index (χ1n) is 9.70. The Bertz CT molecular complexity index is 1300. The Morgan fingerprint density at radius 1 is 1.26 bits per heavy atom. The predicted molar refractivity (Wildman–Crippen MR) is 118 cm³/mol. The first-order chi connectivity index (χ1) is 16.1. The molecule has 1 atom stereocenters. The number of allylic oxidation sites excluding steroid dienone is 1. The van der Waals surface area contributed by atoms with Gasteiger partial charge in [-0.25, -0.2) is 14.4 Å². The SMILES string of the molecule is CC(/C(C=N)=C/Nc1ccccc1F)c1[nH]c(C(=N)N)c(-c2cnc(C(F)(F)F)nc2)c1C#N. The lowest BCUT2D eigenvalue weighted by atomic mass is 9.93. The normalized spacial score (nSPS) is 12.6. The molecule has 0 fully saturated rings. The van der Waals surface area contributed by atoms with Crippen molar-refractivity contribution in [3.8, 4) is 17.2 Å². The van der Waals surface area contributed by atoms with Crippen molar-refractivity contribution in [2.45, 2.75) is 19.0 Å². The van der Waals surface area contributed by atoms with E-state index < -0.39 is 29.6 Å². The number of nitrogen functional groups attached to an aromatic ring is 1. The number of nitrogens with one attached hydrogen (secondary N) is 4. The molecule has 0 bridgehead atoms. The smallest absolute Gasteiger partial charge is 0.382 e. The van der Waals surface area contributed by atoms with Crippen molar-refractivity contribution in [1.82, 2.24) is 15.0 Å².